The molecule has 28 heavy (non-hydrogen) atoms. The Morgan fingerprint density at radius 1 is 1.07 bits per heavy atom. The lowest BCUT2D eigenvalue weighted by Crippen LogP contribution is -2.30. The van der Waals surface area contributed by atoms with Crippen LogP contribution < -0.4 is 15.1 Å². The summed E-state index contributed by atoms with van der Waals surface area (Å²) < 4.78 is 2.28. The van der Waals surface area contributed by atoms with E-state index < -0.39 is 0 Å². The molecule has 4 rings (SSSR count). The summed E-state index contributed by atoms with van der Waals surface area (Å²) in [5.74, 6) is 0. The van der Waals surface area contributed by atoms with E-state index in [-0.39, 0.29) is 12.1 Å². The van der Waals surface area contributed by atoms with Crippen molar-refractivity contribution in [3.8, 4) is 0 Å². The SMILES string of the molecule is CCn1cccc1[C@@H]1[C@@H](c2ccccn2)NC(=S)N1c1ccc(N(C)C)cc1. The maximum Gasteiger partial charge on any atom is 0.174 e. The molecule has 0 spiro atoms. The molecular formula is C22H25N5S. The molecule has 1 fully saturated rings. The van der Waals surface area contributed by atoms with E-state index in [0.29, 0.717) is 0 Å². The van der Waals surface area contributed by atoms with E-state index in [0.717, 1.165) is 28.7 Å². The maximum absolute atomic E-state index is 5.78. The van der Waals surface area contributed by atoms with Crippen molar-refractivity contribution in [1.82, 2.24) is 14.9 Å². The van der Waals surface area contributed by atoms with Gasteiger partial charge >= 0.3 is 0 Å². The first kappa shape index (κ1) is 18.5. The molecule has 1 saturated heterocycles. The number of nitrogens with one attached hydrogen (secondary N) is 1. The molecule has 0 bridgehead atoms. The van der Waals surface area contributed by atoms with E-state index in [4.69, 9.17) is 12.2 Å². The number of aryl methyl sites for hydroxylation is 1. The molecule has 3 aromatic rings. The molecule has 1 aliphatic heterocycles. The zero-order valence-electron chi connectivity index (χ0n) is 16.4. The van der Waals surface area contributed by atoms with Gasteiger partial charge < -0.3 is 19.7 Å². The predicted octanol–water partition coefficient (Wildman–Crippen LogP) is 4.15. The highest BCUT2D eigenvalue weighted by Gasteiger charge is 2.41. The summed E-state index contributed by atoms with van der Waals surface area (Å²) in [5.41, 5.74) is 4.46. The minimum absolute atomic E-state index is 0.0116. The zero-order valence-corrected chi connectivity index (χ0v) is 17.2. The predicted molar refractivity (Wildman–Crippen MR) is 119 cm³/mol. The summed E-state index contributed by atoms with van der Waals surface area (Å²) in [6.45, 7) is 3.07. The van der Waals surface area contributed by atoms with Crippen molar-refractivity contribution < 1.29 is 0 Å². The van der Waals surface area contributed by atoms with Crippen molar-refractivity contribution in [3.63, 3.8) is 0 Å². The Kier molecular flexibility index (Phi) is 5.05. The Bertz CT molecular complexity index is 949. The first-order valence-corrected chi connectivity index (χ1v) is 9.94. The third-order valence-electron chi connectivity index (χ3n) is 5.25. The van der Waals surface area contributed by atoms with Crippen molar-refractivity contribution in [1.29, 1.82) is 0 Å². The second-order valence-corrected chi connectivity index (χ2v) is 7.51. The van der Waals surface area contributed by atoms with Gasteiger partial charge in [-0.2, -0.15) is 0 Å². The molecule has 1 N–H and O–H groups in total. The quantitative estimate of drug-likeness (QED) is 0.662. The summed E-state index contributed by atoms with van der Waals surface area (Å²) in [6, 6.07) is 18.9. The number of hydrogen-bond donors (Lipinski definition) is 1. The van der Waals surface area contributed by atoms with Crippen molar-refractivity contribution >= 4 is 28.7 Å². The van der Waals surface area contributed by atoms with Gasteiger partial charge in [-0.05, 0) is 67.7 Å². The van der Waals surface area contributed by atoms with Gasteiger partial charge in [0.1, 0.15) is 6.04 Å². The molecule has 3 heterocycles. The standard InChI is InChI=1S/C22H25N5S/c1-4-26-15-7-9-19(26)21-20(18-8-5-6-14-23-18)24-22(28)27(21)17-12-10-16(11-13-17)25(2)3/h5-15,20-21H,4H2,1-3H3,(H,24,28)/t20-,21-/m1/s1. The maximum atomic E-state index is 5.78. The number of hydrogen-bond acceptors (Lipinski definition) is 3. The fourth-order valence-electron chi connectivity index (χ4n) is 3.83. The fourth-order valence-corrected chi connectivity index (χ4v) is 4.17. The van der Waals surface area contributed by atoms with Gasteiger partial charge in [-0.1, -0.05) is 6.07 Å². The molecule has 0 saturated carbocycles. The molecule has 0 unspecified atom stereocenters. The monoisotopic (exact) mass is 391 g/mol. The molecule has 0 aliphatic carbocycles. The van der Waals surface area contributed by atoms with Crippen LogP contribution in [0.5, 0.6) is 0 Å². The van der Waals surface area contributed by atoms with E-state index in [2.05, 4.69) is 80.3 Å². The van der Waals surface area contributed by atoms with Crippen LogP contribution in [0.4, 0.5) is 11.4 Å². The van der Waals surface area contributed by atoms with Crippen LogP contribution in [-0.4, -0.2) is 28.8 Å². The summed E-state index contributed by atoms with van der Waals surface area (Å²) in [7, 11) is 4.09. The number of aromatic nitrogens is 2. The normalized spacial score (nSPS) is 19.0. The number of anilines is 2. The number of pyridine rings is 1. The molecule has 0 radical (unpaired) electrons. The van der Waals surface area contributed by atoms with E-state index in [1.807, 2.05) is 32.4 Å². The minimum atomic E-state index is -0.0116. The Morgan fingerprint density at radius 2 is 1.86 bits per heavy atom. The molecule has 0 amide bonds. The molecule has 1 aromatic carbocycles. The smallest absolute Gasteiger partial charge is 0.174 e. The second kappa shape index (κ2) is 7.64. The third-order valence-corrected chi connectivity index (χ3v) is 5.57. The Morgan fingerprint density at radius 3 is 2.50 bits per heavy atom. The summed E-state index contributed by atoms with van der Waals surface area (Å²) in [4.78, 5) is 8.93. The summed E-state index contributed by atoms with van der Waals surface area (Å²) >= 11 is 5.78. The lowest BCUT2D eigenvalue weighted by atomic mass is 10.0. The van der Waals surface area contributed by atoms with Gasteiger partial charge in [0.15, 0.2) is 5.11 Å². The highest BCUT2D eigenvalue weighted by atomic mass is 32.1. The second-order valence-electron chi connectivity index (χ2n) is 7.13. The average Bonchev–Trinajstić information content (AvgIpc) is 3.32. The molecule has 144 valence electrons. The Hall–Kier alpha value is -2.86. The summed E-state index contributed by atoms with van der Waals surface area (Å²) in [6.07, 6.45) is 3.96. The van der Waals surface area contributed by atoms with Crippen LogP contribution in [0, 0.1) is 0 Å². The van der Waals surface area contributed by atoms with Crippen LogP contribution in [0.3, 0.4) is 0 Å². The van der Waals surface area contributed by atoms with Gasteiger partial charge in [0, 0.05) is 50.1 Å². The van der Waals surface area contributed by atoms with Crippen LogP contribution in [0.1, 0.15) is 30.4 Å². The van der Waals surface area contributed by atoms with Gasteiger partial charge in [0.25, 0.3) is 0 Å². The number of thiocarbonyl (C=S) groups is 1. The van der Waals surface area contributed by atoms with Crippen molar-refractivity contribution in [2.75, 3.05) is 23.9 Å². The van der Waals surface area contributed by atoms with Gasteiger partial charge in [0.2, 0.25) is 0 Å². The van der Waals surface area contributed by atoms with Crippen molar-refractivity contribution in [3.05, 3.63) is 78.4 Å². The Balaban J connectivity index is 1.80. The first-order valence-electron chi connectivity index (χ1n) is 9.53. The first-order chi connectivity index (χ1) is 13.6. The zero-order chi connectivity index (χ0) is 19.7. The van der Waals surface area contributed by atoms with E-state index in [1.165, 1.54) is 5.69 Å². The Labute approximate surface area is 171 Å². The molecule has 2 atom stereocenters. The fraction of sp³-hybridized carbons (Fsp3) is 0.273. The molecule has 5 nitrogen and oxygen atoms in total. The van der Waals surface area contributed by atoms with Crippen LogP contribution in [-0.2, 0) is 6.54 Å². The topological polar surface area (TPSA) is 36.3 Å². The van der Waals surface area contributed by atoms with Crippen molar-refractivity contribution in [2.45, 2.75) is 25.6 Å². The highest BCUT2D eigenvalue weighted by molar-refractivity contribution is 7.80. The molecule has 1 aliphatic rings. The van der Waals surface area contributed by atoms with Gasteiger partial charge in [0.05, 0.1) is 11.7 Å². The molecule has 6 heteroatoms. The molecular weight excluding hydrogens is 366 g/mol. The number of rotatable bonds is 5. The minimum Gasteiger partial charge on any atom is -0.378 e. The lowest BCUT2D eigenvalue weighted by molar-refractivity contribution is 0.529. The highest BCUT2D eigenvalue weighted by Crippen LogP contribution is 2.41. The number of benzene rings is 1. The van der Waals surface area contributed by atoms with E-state index >= 15 is 0 Å². The third kappa shape index (κ3) is 3.24. The molecule has 2 aromatic heterocycles. The largest absolute Gasteiger partial charge is 0.378 e. The lowest BCUT2D eigenvalue weighted by Gasteiger charge is -2.29. The van der Waals surface area contributed by atoms with Crippen LogP contribution >= 0.6 is 12.2 Å². The average molecular weight is 392 g/mol. The van der Waals surface area contributed by atoms with Gasteiger partial charge in [-0.3, -0.25) is 4.98 Å². The van der Waals surface area contributed by atoms with Gasteiger partial charge in [-0.15, -0.1) is 0 Å². The van der Waals surface area contributed by atoms with E-state index in [1.54, 1.807) is 0 Å². The van der Waals surface area contributed by atoms with Crippen LogP contribution in [0.2, 0.25) is 0 Å². The van der Waals surface area contributed by atoms with Crippen LogP contribution in [0.25, 0.3) is 0 Å². The van der Waals surface area contributed by atoms with E-state index in [9.17, 15) is 0 Å². The van der Waals surface area contributed by atoms with Gasteiger partial charge in [-0.25, -0.2) is 0 Å². The van der Waals surface area contributed by atoms with Crippen LogP contribution in [0.15, 0.2) is 67.0 Å². The number of nitrogens with zero attached hydrogens (tertiary/aromatic N) is 4. The van der Waals surface area contributed by atoms with Crippen molar-refractivity contribution in [2.24, 2.45) is 0 Å². The summed E-state index contributed by atoms with van der Waals surface area (Å²) in [5, 5.41) is 4.24.